The van der Waals surface area contributed by atoms with E-state index in [4.69, 9.17) is 4.74 Å². The summed E-state index contributed by atoms with van der Waals surface area (Å²) in [5, 5.41) is 4.14. The average molecular weight is 280 g/mol. The average Bonchev–Trinajstić information content (AvgIpc) is 2.88. The molecule has 0 radical (unpaired) electrons. The summed E-state index contributed by atoms with van der Waals surface area (Å²) >= 11 is 0. The van der Waals surface area contributed by atoms with Crippen molar-refractivity contribution in [3.05, 3.63) is 42.7 Å². The fourth-order valence-electron chi connectivity index (χ4n) is 1.65. The molecule has 6 heteroatoms. The predicted molar refractivity (Wildman–Crippen MR) is 73.4 cm³/mol. The number of rotatable bonds is 6. The van der Waals surface area contributed by atoms with Crippen LogP contribution in [0, 0.1) is 0 Å². The van der Waals surface area contributed by atoms with E-state index in [-0.39, 0.29) is 5.75 Å². The fourth-order valence-corrected chi connectivity index (χ4v) is 2.29. The topological polar surface area (TPSA) is 61.2 Å². The van der Waals surface area contributed by atoms with E-state index in [0.29, 0.717) is 18.8 Å². The van der Waals surface area contributed by atoms with Crippen LogP contribution in [0.3, 0.4) is 0 Å². The minimum Gasteiger partial charge on any atom is -0.493 e. The summed E-state index contributed by atoms with van der Waals surface area (Å²) in [6.07, 6.45) is 5.28. The van der Waals surface area contributed by atoms with Crippen LogP contribution >= 0.6 is 0 Å². The molecule has 0 amide bonds. The van der Waals surface area contributed by atoms with Gasteiger partial charge in [0, 0.05) is 24.7 Å². The number of aromatic nitrogens is 2. The highest BCUT2D eigenvalue weighted by Crippen LogP contribution is 2.16. The van der Waals surface area contributed by atoms with Gasteiger partial charge in [0.2, 0.25) is 0 Å². The first kappa shape index (κ1) is 13.6. The van der Waals surface area contributed by atoms with Crippen LogP contribution in [0.4, 0.5) is 0 Å². The third kappa shape index (κ3) is 4.40. The molecule has 2 aromatic rings. The number of hydrogen-bond acceptors (Lipinski definition) is 4. The molecule has 0 spiro atoms. The maximum absolute atomic E-state index is 11.0. The predicted octanol–water partition coefficient (Wildman–Crippen LogP) is 1.69. The SMILES string of the molecule is CS(=O)(=O)CCCOc1cccc(-n2cccn2)c1. The van der Waals surface area contributed by atoms with Gasteiger partial charge in [-0.1, -0.05) is 6.07 Å². The molecule has 102 valence electrons. The minimum atomic E-state index is -2.92. The third-order valence-electron chi connectivity index (χ3n) is 2.51. The summed E-state index contributed by atoms with van der Waals surface area (Å²) in [4.78, 5) is 0. The Kier molecular flexibility index (Phi) is 4.21. The molecule has 2 rings (SSSR count). The second-order valence-corrected chi connectivity index (χ2v) is 6.54. The zero-order valence-corrected chi connectivity index (χ0v) is 11.5. The van der Waals surface area contributed by atoms with Crippen LogP contribution in [-0.2, 0) is 9.84 Å². The normalized spacial score (nSPS) is 11.4. The molecule has 0 fully saturated rings. The van der Waals surface area contributed by atoms with Gasteiger partial charge in [0.25, 0.3) is 0 Å². The van der Waals surface area contributed by atoms with E-state index < -0.39 is 9.84 Å². The van der Waals surface area contributed by atoms with Crippen LogP contribution in [0.1, 0.15) is 6.42 Å². The zero-order chi connectivity index (χ0) is 13.7. The molecule has 0 unspecified atom stereocenters. The van der Waals surface area contributed by atoms with Gasteiger partial charge in [-0.25, -0.2) is 13.1 Å². The molecule has 5 nitrogen and oxygen atoms in total. The molecule has 0 saturated carbocycles. The molecule has 1 aromatic carbocycles. The van der Waals surface area contributed by atoms with Gasteiger partial charge in [-0.3, -0.25) is 0 Å². The summed E-state index contributed by atoms with van der Waals surface area (Å²) in [6.45, 7) is 0.385. The minimum absolute atomic E-state index is 0.145. The van der Waals surface area contributed by atoms with E-state index >= 15 is 0 Å². The Labute approximate surface area is 112 Å². The molecule has 0 bridgehead atoms. The van der Waals surface area contributed by atoms with Gasteiger partial charge < -0.3 is 4.74 Å². The van der Waals surface area contributed by atoms with Crippen molar-refractivity contribution < 1.29 is 13.2 Å². The third-order valence-corrected chi connectivity index (χ3v) is 3.55. The lowest BCUT2D eigenvalue weighted by molar-refractivity contribution is 0.317. The highest BCUT2D eigenvalue weighted by atomic mass is 32.2. The summed E-state index contributed by atoms with van der Waals surface area (Å²) < 4.78 is 29.2. The van der Waals surface area contributed by atoms with Gasteiger partial charge >= 0.3 is 0 Å². The molecule has 0 N–H and O–H groups in total. The Bertz CT molecular complexity index is 621. The fraction of sp³-hybridized carbons (Fsp3) is 0.308. The van der Waals surface area contributed by atoms with E-state index in [1.807, 2.05) is 36.5 Å². The van der Waals surface area contributed by atoms with Crippen LogP contribution in [0.15, 0.2) is 42.7 Å². The van der Waals surface area contributed by atoms with Crippen molar-refractivity contribution in [2.45, 2.75) is 6.42 Å². The lowest BCUT2D eigenvalue weighted by Crippen LogP contribution is -2.08. The standard InChI is InChI=1S/C13H16N2O3S/c1-19(16,17)10-4-9-18-13-6-2-5-12(11-13)15-8-3-7-14-15/h2-3,5-8,11H,4,9-10H2,1H3. The Morgan fingerprint density at radius 2 is 2.16 bits per heavy atom. The smallest absolute Gasteiger partial charge is 0.147 e. The monoisotopic (exact) mass is 280 g/mol. The van der Waals surface area contributed by atoms with E-state index in [9.17, 15) is 8.42 Å². The molecule has 0 atom stereocenters. The maximum atomic E-state index is 11.0. The first-order chi connectivity index (χ1) is 9.04. The Morgan fingerprint density at radius 3 is 2.84 bits per heavy atom. The molecular weight excluding hydrogens is 264 g/mol. The summed E-state index contributed by atoms with van der Waals surface area (Å²) in [7, 11) is -2.92. The maximum Gasteiger partial charge on any atom is 0.147 e. The largest absolute Gasteiger partial charge is 0.493 e. The van der Waals surface area contributed by atoms with Gasteiger partial charge in [-0.05, 0) is 24.6 Å². The quantitative estimate of drug-likeness (QED) is 0.755. The van der Waals surface area contributed by atoms with Crippen LogP contribution in [0.25, 0.3) is 5.69 Å². The van der Waals surface area contributed by atoms with E-state index in [0.717, 1.165) is 5.69 Å². The van der Waals surface area contributed by atoms with Crippen LogP contribution in [0.5, 0.6) is 5.75 Å². The number of sulfone groups is 1. The molecule has 0 aliphatic carbocycles. The second-order valence-electron chi connectivity index (χ2n) is 4.28. The summed E-state index contributed by atoms with van der Waals surface area (Å²) in [5.74, 6) is 0.854. The number of nitrogens with zero attached hydrogens (tertiary/aromatic N) is 2. The zero-order valence-electron chi connectivity index (χ0n) is 10.7. The van der Waals surface area contributed by atoms with Crippen molar-refractivity contribution in [3.63, 3.8) is 0 Å². The molecule has 0 saturated heterocycles. The van der Waals surface area contributed by atoms with Gasteiger partial charge in [0.05, 0.1) is 18.0 Å². The van der Waals surface area contributed by atoms with Gasteiger partial charge in [-0.2, -0.15) is 5.10 Å². The molecule has 1 aromatic heterocycles. The van der Waals surface area contributed by atoms with E-state index in [1.165, 1.54) is 6.26 Å². The Balaban J connectivity index is 1.93. The summed E-state index contributed by atoms with van der Waals surface area (Å²) in [5.41, 5.74) is 0.908. The van der Waals surface area contributed by atoms with Gasteiger partial charge in [0.15, 0.2) is 0 Å². The van der Waals surface area contributed by atoms with Crippen molar-refractivity contribution in [2.75, 3.05) is 18.6 Å². The van der Waals surface area contributed by atoms with Crippen LogP contribution in [0.2, 0.25) is 0 Å². The van der Waals surface area contributed by atoms with Gasteiger partial charge in [0.1, 0.15) is 15.6 Å². The van der Waals surface area contributed by atoms with Crippen molar-refractivity contribution in [1.82, 2.24) is 9.78 Å². The first-order valence-corrected chi connectivity index (χ1v) is 8.01. The molecule has 1 heterocycles. The highest BCUT2D eigenvalue weighted by molar-refractivity contribution is 7.90. The summed E-state index contributed by atoms with van der Waals surface area (Å²) in [6, 6.07) is 9.36. The highest BCUT2D eigenvalue weighted by Gasteiger charge is 2.03. The Hall–Kier alpha value is -1.82. The molecule has 0 aliphatic heterocycles. The van der Waals surface area contributed by atoms with Crippen molar-refractivity contribution in [3.8, 4) is 11.4 Å². The second kappa shape index (κ2) is 5.88. The van der Waals surface area contributed by atoms with Crippen molar-refractivity contribution in [1.29, 1.82) is 0 Å². The van der Waals surface area contributed by atoms with E-state index in [1.54, 1.807) is 10.9 Å². The van der Waals surface area contributed by atoms with Crippen LogP contribution < -0.4 is 4.74 Å². The molecule has 0 aliphatic rings. The van der Waals surface area contributed by atoms with Crippen LogP contribution in [-0.4, -0.2) is 36.8 Å². The lowest BCUT2D eigenvalue weighted by atomic mass is 10.3. The van der Waals surface area contributed by atoms with E-state index in [2.05, 4.69) is 5.10 Å². The van der Waals surface area contributed by atoms with Crippen molar-refractivity contribution in [2.24, 2.45) is 0 Å². The number of benzene rings is 1. The number of hydrogen-bond donors (Lipinski definition) is 0. The van der Waals surface area contributed by atoms with Gasteiger partial charge in [-0.15, -0.1) is 0 Å². The van der Waals surface area contributed by atoms with Crippen molar-refractivity contribution >= 4 is 9.84 Å². The Morgan fingerprint density at radius 1 is 1.32 bits per heavy atom. The molecule has 19 heavy (non-hydrogen) atoms. The first-order valence-electron chi connectivity index (χ1n) is 5.95. The lowest BCUT2D eigenvalue weighted by Gasteiger charge is -2.07. The molecular formula is C13H16N2O3S. The number of ether oxygens (including phenoxy) is 1.